The van der Waals surface area contributed by atoms with Gasteiger partial charge in [0.05, 0.1) is 12.7 Å². The molecule has 0 aliphatic carbocycles. The monoisotopic (exact) mass is 596 g/mol. The summed E-state index contributed by atoms with van der Waals surface area (Å²) in [7, 11) is 1.51. The fourth-order valence-electron chi connectivity index (χ4n) is 3.47. The normalized spacial score (nSPS) is 12.0. The van der Waals surface area contributed by atoms with Gasteiger partial charge in [0.25, 0.3) is 0 Å². The SMILES string of the molecule is COc1ccc(NC(=O)/C=C/c2cc(F)cc(C(F)(F)F)c2)cc1OCCN(C(C)C)C(C)C.O=C(O)C(F)(F)F. The lowest BCUT2D eigenvalue weighted by atomic mass is 10.1. The van der Waals surface area contributed by atoms with Gasteiger partial charge in [-0.2, -0.15) is 26.3 Å². The largest absolute Gasteiger partial charge is 0.493 e. The maximum absolute atomic E-state index is 13.5. The van der Waals surface area contributed by atoms with E-state index in [-0.39, 0.29) is 5.56 Å². The molecule has 2 rings (SSSR count). The second kappa shape index (κ2) is 15.3. The first-order chi connectivity index (χ1) is 18.8. The van der Waals surface area contributed by atoms with Crippen molar-refractivity contribution in [1.82, 2.24) is 4.90 Å². The second-order valence-corrected chi connectivity index (χ2v) is 9.04. The van der Waals surface area contributed by atoms with E-state index in [0.29, 0.717) is 48.5 Å². The molecule has 0 saturated carbocycles. The molecular formula is C27H31F7N2O5. The van der Waals surface area contributed by atoms with Crippen molar-refractivity contribution in [3.8, 4) is 11.5 Å². The third kappa shape index (κ3) is 12.5. The van der Waals surface area contributed by atoms with Crippen LogP contribution in [0.1, 0.15) is 38.8 Å². The highest BCUT2D eigenvalue weighted by atomic mass is 19.4. The van der Waals surface area contributed by atoms with Crippen molar-refractivity contribution in [1.29, 1.82) is 0 Å². The van der Waals surface area contributed by atoms with E-state index in [1.165, 1.54) is 7.11 Å². The number of hydrogen-bond donors (Lipinski definition) is 2. The van der Waals surface area contributed by atoms with Gasteiger partial charge in [0.1, 0.15) is 12.4 Å². The Kier molecular flexibility index (Phi) is 13.1. The Labute approximate surface area is 232 Å². The van der Waals surface area contributed by atoms with Gasteiger partial charge in [-0.05, 0) is 69.7 Å². The maximum atomic E-state index is 13.5. The number of aliphatic carboxylic acids is 1. The van der Waals surface area contributed by atoms with Gasteiger partial charge in [0, 0.05) is 36.5 Å². The molecular weight excluding hydrogens is 565 g/mol. The van der Waals surface area contributed by atoms with Crippen LogP contribution in [0.3, 0.4) is 0 Å². The van der Waals surface area contributed by atoms with Crippen LogP contribution in [0.15, 0.2) is 42.5 Å². The summed E-state index contributed by atoms with van der Waals surface area (Å²) in [5.41, 5.74) is -0.802. The quantitative estimate of drug-likeness (QED) is 0.236. The average molecular weight is 597 g/mol. The predicted molar refractivity (Wildman–Crippen MR) is 138 cm³/mol. The summed E-state index contributed by atoms with van der Waals surface area (Å²) in [6, 6.07) is 7.64. The predicted octanol–water partition coefficient (Wildman–Crippen LogP) is 6.64. The number of halogens is 7. The minimum absolute atomic E-state index is 0.0823. The van der Waals surface area contributed by atoms with Gasteiger partial charge in [0.15, 0.2) is 11.5 Å². The Morgan fingerprint density at radius 3 is 2.05 bits per heavy atom. The molecule has 0 atom stereocenters. The minimum atomic E-state index is -5.08. The number of alkyl halides is 6. The summed E-state index contributed by atoms with van der Waals surface area (Å²) in [4.78, 5) is 23.5. The number of methoxy groups -OCH3 is 1. The number of carboxylic acids is 1. The lowest BCUT2D eigenvalue weighted by Crippen LogP contribution is -2.39. The molecule has 0 heterocycles. The van der Waals surface area contributed by atoms with Gasteiger partial charge < -0.3 is 19.9 Å². The zero-order chi connectivity index (χ0) is 31.5. The molecule has 2 aromatic carbocycles. The van der Waals surface area contributed by atoms with Crippen molar-refractivity contribution in [2.75, 3.05) is 25.6 Å². The first-order valence-electron chi connectivity index (χ1n) is 12.1. The van der Waals surface area contributed by atoms with Crippen LogP contribution in [0.5, 0.6) is 11.5 Å². The molecule has 0 aliphatic rings. The smallest absolute Gasteiger partial charge is 0.490 e. The van der Waals surface area contributed by atoms with Crippen molar-refractivity contribution in [2.24, 2.45) is 0 Å². The van der Waals surface area contributed by atoms with Gasteiger partial charge in [-0.3, -0.25) is 9.69 Å². The van der Waals surface area contributed by atoms with Gasteiger partial charge >= 0.3 is 18.3 Å². The van der Waals surface area contributed by atoms with Crippen LogP contribution in [0.25, 0.3) is 6.08 Å². The Morgan fingerprint density at radius 2 is 1.56 bits per heavy atom. The second-order valence-electron chi connectivity index (χ2n) is 9.04. The first-order valence-corrected chi connectivity index (χ1v) is 12.1. The first kappa shape index (κ1) is 35.2. The van der Waals surface area contributed by atoms with Crippen LogP contribution in [0.2, 0.25) is 0 Å². The third-order valence-electron chi connectivity index (χ3n) is 5.28. The molecule has 1 amide bonds. The van der Waals surface area contributed by atoms with E-state index in [4.69, 9.17) is 19.4 Å². The zero-order valence-corrected chi connectivity index (χ0v) is 22.9. The summed E-state index contributed by atoms with van der Waals surface area (Å²) in [5.74, 6) is -3.46. The van der Waals surface area contributed by atoms with Gasteiger partial charge in [-0.25, -0.2) is 9.18 Å². The molecule has 2 N–H and O–H groups in total. The Bertz CT molecular complexity index is 1190. The molecule has 228 valence electrons. The number of carbonyl (C=O) groups excluding carboxylic acids is 1. The molecule has 0 unspecified atom stereocenters. The number of carbonyl (C=O) groups is 2. The number of nitrogens with zero attached hydrogens (tertiary/aromatic N) is 1. The highest BCUT2D eigenvalue weighted by molar-refractivity contribution is 6.02. The molecule has 0 spiro atoms. The molecule has 41 heavy (non-hydrogen) atoms. The number of rotatable bonds is 10. The fourth-order valence-corrected chi connectivity index (χ4v) is 3.47. The lowest BCUT2D eigenvalue weighted by Gasteiger charge is -2.30. The summed E-state index contributed by atoms with van der Waals surface area (Å²) in [6.45, 7) is 9.54. The fraction of sp³-hybridized carbons (Fsp3) is 0.407. The van der Waals surface area contributed by atoms with Crippen molar-refractivity contribution < 1.29 is 54.9 Å². The lowest BCUT2D eigenvalue weighted by molar-refractivity contribution is -0.192. The summed E-state index contributed by atoms with van der Waals surface area (Å²) in [6.07, 6.45) is -7.63. The van der Waals surface area contributed by atoms with Crippen LogP contribution in [0.4, 0.5) is 36.4 Å². The molecule has 0 aliphatic heterocycles. The Morgan fingerprint density at radius 1 is 0.976 bits per heavy atom. The highest BCUT2D eigenvalue weighted by Gasteiger charge is 2.38. The summed E-state index contributed by atoms with van der Waals surface area (Å²) < 4.78 is 95.0. The van der Waals surface area contributed by atoms with Crippen LogP contribution in [0, 0.1) is 5.82 Å². The highest BCUT2D eigenvalue weighted by Crippen LogP contribution is 2.31. The number of benzene rings is 2. The van der Waals surface area contributed by atoms with Crippen LogP contribution in [-0.4, -0.2) is 60.4 Å². The molecule has 0 radical (unpaired) electrons. The molecule has 0 fully saturated rings. The van der Waals surface area contributed by atoms with Gasteiger partial charge in [0.2, 0.25) is 5.91 Å². The Hall–Kier alpha value is -3.81. The van der Waals surface area contributed by atoms with Crippen LogP contribution < -0.4 is 14.8 Å². The van der Waals surface area contributed by atoms with Crippen LogP contribution in [-0.2, 0) is 15.8 Å². The van der Waals surface area contributed by atoms with E-state index in [1.54, 1.807) is 18.2 Å². The maximum Gasteiger partial charge on any atom is 0.490 e. The van der Waals surface area contributed by atoms with Crippen molar-refractivity contribution in [3.63, 3.8) is 0 Å². The van der Waals surface area contributed by atoms with E-state index in [0.717, 1.165) is 24.3 Å². The third-order valence-corrected chi connectivity index (χ3v) is 5.28. The van der Waals surface area contributed by atoms with Crippen molar-refractivity contribution in [3.05, 3.63) is 59.4 Å². The van der Waals surface area contributed by atoms with Crippen LogP contribution >= 0.6 is 0 Å². The summed E-state index contributed by atoms with van der Waals surface area (Å²) in [5, 5.41) is 9.74. The molecule has 2 aromatic rings. The van der Waals surface area contributed by atoms with Crippen molar-refractivity contribution >= 4 is 23.6 Å². The topological polar surface area (TPSA) is 88.1 Å². The molecule has 0 saturated heterocycles. The average Bonchev–Trinajstić information content (AvgIpc) is 2.84. The van der Waals surface area contributed by atoms with Gasteiger partial charge in [-0.1, -0.05) is 0 Å². The Balaban J connectivity index is 0.00000106. The number of nitrogens with one attached hydrogen (secondary N) is 1. The number of hydrogen-bond acceptors (Lipinski definition) is 5. The number of carboxylic acid groups (broad SMARTS) is 1. The standard InChI is InChI=1S/C25H30F4N2O3.C2HF3O2/c1-16(2)31(17(3)4)10-11-34-23-15-21(7-8-22(23)33-5)30-24(32)9-6-18-12-19(25(27,28)29)14-20(26)13-18;3-2(4,5)1(6)7/h6-9,12-17H,10-11H2,1-5H3,(H,30,32);(H,6,7)/b9-6+;. The van der Waals surface area contributed by atoms with E-state index in [9.17, 15) is 35.5 Å². The molecule has 0 bridgehead atoms. The number of amides is 1. The summed E-state index contributed by atoms with van der Waals surface area (Å²) >= 11 is 0. The van der Waals surface area contributed by atoms with Gasteiger partial charge in [-0.15, -0.1) is 0 Å². The zero-order valence-electron chi connectivity index (χ0n) is 22.9. The molecule has 14 heteroatoms. The van der Waals surface area contributed by atoms with E-state index < -0.39 is 35.6 Å². The van der Waals surface area contributed by atoms with E-state index >= 15 is 0 Å². The van der Waals surface area contributed by atoms with E-state index in [1.807, 2.05) is 0 Å². The van der Waals surface area contributed by atoms with E-state index in [2.05, 4.69) is 37.9 Å². The molecule has 7 nitrogen and oxygen atoms in total. The van der Waals surface area contributed by atoms with Crippen molar-refractivity contribution in [2.45, 2.75) is 52.1 Å². The molecule has 0 aromatic heterocycles. The minimum Gasteiger partial charge on any atom is -0.493 e. The number of ether oxygens (including phenoxy) is 2. The number of anilines is 1.